The van der Waals surface area contributed by atoms with Crippen LogP contribution >= 0.6 is 15.9 Å². The van der Waals surface area contributed by atoms with E-state index in [-0.39, 0.29) is 12.5 Å². The maximum absolute atomic E-state index is 12.2. The van der Waals surface area contributed by atoms with Gasteiger partial charge in [-0.3, -0.25) is 4.79 Å². The zero-order valence-electron chi connectivity index (χ0n) is 19.2. The number of amides is 1. The van der Waals surface area contributed by atoms with Crippen LogP contribution < -0.4 is 24.8 Å². The lowest BCUT2D eigenvalue weighted by atomic mass is 10.2. The molecule has 0 fully saturated rings. The number of hydrogen-bond acceptors (Lipinski definition) is 5. The number of anilines is 2. The summed E-state index contributed by atoms with van der Waals surface area (Å²) in [6.45, 7) is 0.537. The zero-order chi connectivity index (χ0) is 24.5. The Kier molecular flexibility index (Phi) is 8.25. The van der Waals surface area contributed by atoms with Crippen LogP contribution in [0, 0.1) is 0 Å². The number of carbonyl (C=O) groups is 1. The van der Waals surface area contributed by atoms with E-state index in [0.717, 1.165) is 33.0 Å². The number of methoxy groups -OCH3 is 1. The second-order valence-corrected chi connectivity index (χ2v) is 8.48. The molecule has 35 heavy (non-hydrogen) atoms. The van der Waals surface area contributed by atoms with Crippen molar-refractivity contribution in [1.29, 1.82) is 0 Å². The van der Waals surface area contributed by atoms with E-state index in [1.165, 1.54) is 0 Å². The molecule has 6 nitrogen and oxygen atoms in total. The van der Waals surface area contributed by atoms with E-state index in [2.05, 4.69) is 26.6 Å². The van der Waals surface area contributed by atoms with Gasteiger partial charge >= 0.3 is 0 Å². The molecule has 0 radical (unpaired) electrons. The smallest absolute Gasteiger partial charge is 0.262 e. The summed E-state index contributed by atoms with van der Waals surface area (Å²) >= 11 is 3.53. The van der Waals surface area contributed by atoms with Crippen molar-refractivity contribution < 1.29 is 19.0 Å². The van der Waals surface area contributed by atoms with E-state index in [0.29, 0.717) is 18.0 Å². The van der Waals surface area contributed by atoms with Crippen LogP contribution in [-0.2, 0) is 11.3 Å². The molecule has 2 N–H and O–H groups in total. The summed E-state index contributed by atoms with van der Waals surface area (Å²) in [5, 5.41) is 6.19. The van der Waals surface area contributed by atoms with Crippen molar-refractivity contribution >= 4 is 33.2 Å². The van der Waals surface area contributed by atoms with Crippen molar-refractivity contribution in [2.24, 2.45) is 0 Å². The van der Waals surface area contributed by atoms with E-state index >= 15 is 0 Å². The van der Waals surface area contributed by atoms with Gasteiger partial charge in [-0.15, -0.1) is 0 Å². The highest BCUT2D eigenvalue weighted by atomic mass is 79.9. The fourth-order valence-electron chi connectivity index (χ4n) is 3.26. The van der Waals surface area contributed by atoms with Gasteiger partial charge in [0.25, 0.3) is 5.91 Å². The molecule has 0 aliphatic heterocycles. The number of hydrogen-bond donors (Lipinski definition) is 2. The molecule has 4 aromatic carbocycles. The minimum atomic E-state index is -0.243. The molecule has 0 saturated heterocycles. The summed E-state index contributed by atoms with van der Waals surface area (Å²) in [5.74, 6) is 2.67. The van der Waals surface area contributed by atoms with Gasteiger partial charge in [-0.05, 0) is 94.3 Å². The molecule has 1 amide bonds. The molecule has 0 atom stereocenters. The Morgan fingerprint density at radius 3 is 2.14 bits per heavy atom. The van der Waals surface area contributed by atoms with Crippen LogP contribution in [0.15, 0.2) is 102 Å². The number of carbonyl (C=O) groups excluding carboxylic acids is 1. The number of nitrogens with one attached hydrogen (secondary N) is 2. The van der Waals surface area contributed by atoms with Crippen LogP contribution in [0.1, 0.15) is 5.56 Å². The number of para-hydroxylation sites is 1. The first-order chi connectivity index (χ1) is 17.1. The van der Waals surface area contributed by atoms with Crippen molar-refractivity contribution in [3.63, 3.8) is 0 Å². The van der Waals surface area contributed by atoms with Crippen LogP contribution in [0.25, 0.3) is 0 Å². The van der Waals surface area contributed by atoms with Crippen molar-refractivity contribution in [2.45, 2.75) is 6.54 Å². The number of halogens is 1. The lowest BCUT2D eigenvalue weighted by Gasteiger charge is -2.12. The van der Waals surface area contributed by atoms with Gasteiger partial charge in [-0.1, -0.05) is 24.3 Å². The third-order valence-corrected chi connectivity index (χ3v) is 5.68. The average Bonchev–Trinajstić information content (AvgIpc) is 2.89. The number of rotatable bonds is 10. The molecule has 0 unspecified atom stereocenters. The molecule has 7 heteroatoms. The first kappa shape index (κ1) is 24.2. The Bertz CT molecular complexity index is 1250. The monoisotopic (exact) mass is 532 g/mol. The molecule has 0 aromatic heterocycles. The van der Waals surface area contributed by atoms with Crippen LogP contribution in [0.3, 0.4) is 0 Å². The minimum Gasteiger partial charge on any atom is -0.497 e. The van der Waals surface area contributed by atoms with Crippen LogP contribution in [0.4, 0.5) is 11.4 Å². The Morgan fingerprint density at radius 1 is 0.800 bits per heavy atom. The highest BCUT2D eigenvalue weighted by Crippen LogP contribution is 2.27. The normalized spacial score (nSPS) is 10.3. The summed E-state index contributed by atoms with van der Waals surface area (Å²) in [4.78, 5) is 12.2. The number of ether oxygens (including phenoxy) is 3. The molecular weight excluding hydrogens is 508 g/mol. The van der Waals surface area contributed by atoms with Crippen molar-refractivity contribution in [3.8, 4) is 23.0 Å². The molecule has 0 aliphatic carbocycles. The first-order valence-corrected chi connectivity index (χ1v) is 11.8. The van der Waals surface area contributed by atoms with Crippen LogP contribution in [0.5, 0.6) is 23.0 Å². The van der Waals surface area contributed by atoms with Crippen molar-refractivity contribution in [2.75, 3.05) is 24.4 Å². The average molecular weight is 533 g/mol. The summed E-state index contributed by atoms with van der Waals surface area (Å²) in [6.07, 6.45) is 0. The van der Waals surface area contributed by atoms with Gasteiger partial charge in [0, 0.05) is 17.9 Å². The molecule has 4 rings (SSSR count). The SMILES string of the molecule is COc1ccc(NC(=O)COc2ccc(CNc3ccc(Oc4ccccc4)cc3)cc2Br)cc1. The fourth-order valence-corrected chi connectivity index (χ4v) is 3.80. The quantitative estimate of drug-likeness (QED) is 0.233. The van der Waals surface area contributed by atoms with E-state index in [1.807, 2.05) is 72.8 Å². The lowest BCUT2D eigenvalue weighted by molar-refractivity contribution is -0.118. The Morgan fingerprint density at radius 2 is 1.46 bits per heavy atom. The Labute approximate surface area is 213 Å². The van der Waals surface area contributed by atoms with Gasteiger partial charge in [-0.25, -0.2) is 0 Å². The third kappa shape index (κ3) is 7.25. The van der Waals surface area contributed by atoms with Gasteiger partial charge < -0.3 is 24.8 Å². The van der Waals surface area contributed by atoms with Gasteiger partial charge in [0.2, 0.25) is 0 Å². The van der Waals surface area contributed by atoms with Gasteiger partial charge in [0.15, 0.2) is 6.61 Å². The Balaban J connectivity index is 1.25. The van der Waals surface area contributed by atoms with Gasteiger partial charge in [0.05, 0.1) is 11.6 Å². The minimum absolute atomic E-state index is 0.0976. The maximum atomic E-state index is 12.2. The topological polar surface area (TPSA) is 68.8 Å². The van der Waals surface area contributed by atoms with Crippen molar-refractivity contribution in [1.82, 2.24) is 0 Å². The highest BCUT2D eigenvalue weighted by Gasteiger charge is 2.08. The number of benzene rings is 4. The van der Waals surface area contributed by atoms with Crippen molar-refractivity contribution in [3.05, 3.63) is 107 Å². The molecule has 0 bridgehead atoms. The summed E-state index contributed by atoms with van der Waals surface area (Å²) in [6, 6.07) is 30.4. The lowest BCUT2D eigenvalue weighted by Crippen LogP contribution is -2.20. The largest absolute Gasteiger partial charge is 0.497 e. The predicted octanol–water partition coefficient (Wildman–Crippen LogP) is 6.88. The summed E-state index contributed by atoms with van der Waals surface area (Å²) in [5.41, 5.74) is 2.73. The second-order valence-electron chi connectivity index (χ2n) is 7.62. The van der Waals surface area contributed by atoms with E-state index < -0.39 is 0 Å². The second kappa shape index (κ2) is 11.9. The summed E-state index contributed by atoms with van der Waals surface area (Å²) in [7, 11) is 1.60. The maximum Gasteiger partial charge on any atom is 0.262 e. The van der Waals surface area contributed by atoms with E-state index in [9.17, 15) is 4.79 Å². The molecule has 178 valence electrons. The summed E-state index contributed by atoms with van der Waals surface area (Å²) < 4.78 is 17.4. The molecule has 0 heterocycles. The molecule has 0 spiro atoms. The van der Waals surface area contributed by atoms with Crippen LogP contribution in [0.2, 0.25) is 0 Å². The first-order valence-electron chi connectivity index (χ1n) is 11.0. The molecule has 4 aromatic rings. The Hall–Kier alpha value is -3.97. The predicted molar refractivity (Wildman–Crippen MR) is 142 cm³/mol. The molecule has 0 aliphatic rings. The zero-order valence-corrected chi connectivity index (χ0v) is 20.7. The van der Waals surface area contributed by atoms with E-state index in [4.69, 9.17) is 14.2 Å². The molecular formula is C28H25BrN2O4. The fraction of sp³-hybridized carbons (Fsp3) is 0.107. The van der Waals surface area contributed by atoms with Crippen LogP contribution in [-0.4, -0.2) is 19.6 Å². The van der Waals surface area contributed by atoms with E-state index in [1.54, 1.807) is 31.4 Å². The molecule has 0 saturated carbocycles. The highest BCUT2D eigenvalue weighted by molar-refractivity contribution is 9.10. The standard InChI is InChI=1S/C28H25BrN2O4/c1-33-23-12-10-22(11-13-23)31-28(32)19-34-27-16-7-20(17-26(27)29)18-30-21-8-14-25(15-9-21)35-24-5-3-2-4-6-24/h2-17,30H,18-19H2,1H3,(H,31,32). The van der Waals surface area contributed by atoms with Gasteiger partial charge in [0.1, 0.15) is 23.0 Å². The third-order valence-electron chi connectivity index (χ3n) is 5.06. The van der Waals surface area contributed by atoms with Gasteiger partial charge in [-0.2, -0.15) is 0 Å².